The van der Waals surface area contributed by atoms with Crippen LogP contribution in [0, 0.1) is 0 Å². The van der Waals surface area contributed by atoms with E-state index in [1.807, 2.05) is 6.07 Å². The van der Waals surface area contributed by atoms with E-state index >= 15 is 0 Å². The Bertz CT molecular complexity index is 1180. The van der Waals surface area contributed by atoms with Crippen molar-refractivity contribution in [2.45, 2.75) is 0 Å². The first-order valence-electron chi connectivity index (χ1n) is 8.66. The number of carbonyl (C=O) groups excluding carboxylic acids is 1. The molecule has 0 atom stereocenters. The van der Waals surface area contributed by atoms with Crippen molar-refractivity contribution in [2.75, 3.05) is 31.6 Å². The molecule has 3 N–H and O–H groups in total. The molecule has 10 nitrogen and oxygen atoms in total. The lowest BCUT2D eigenvalue weighted by Crippen LogP contribution is -2.40. The predicted octanol–water partition coefficient (Wildman–Crippen LogP) is 2.21. The summed E-state index contributed by atoms with van der Waals surface area (Å²) in [6.45, 7) is 2.20. The van der Waals surface area contributed by atoms with Crippen LogP contribution in [0.5, 0.6) is 0 Å². The topological polar surface area (TPSA) is 125 Å². The first-order chi connectivity index (χ1) is 13.7. The van der Waals surface area contributed by atoms with E-state index in [9.17, 15) is 4.79 Å². The van der Waals surface area contributed by atoms with Crippen LogP contribution >= 0.6 is 15.9 Å². The summed E-state index contributed by atoms with van der Waals surface area (Å²) in [5.74, 6) is 1.06. The van der Waals surface area contributed by atoms with Crippen LogP contribution in [0.15, 0.2) is 29.3 Å². The molecule has 142 valence electrons. The third-order valence-corrected chi connectivity index (χ3v) is 5.41. The second-order valence-corrected chi connectivity index (χ2v) is 7.11. The summed E-state index contributed by atoms with van der Waals surface area (Å²) in [7, 11) is 0. The average molecular weight is 443 g/mol. The molecule has 0 aliphatic carbocycles. The molecular weight excluding hydrogens is 428 g/mol. The number of morpholine rings is 1. The Labute approximate surface area is 166 Å². The number of hydrogen-bond acceptors (Lipinski definition) is 7. The van der Waals surface area contributed by atoms with Gasteiger partial charge in [-0.25, -0.2) is 15.0 Å². The molecule has 5 heterocycles. The highest BCUT2D eigenvalue weighted by atomic mass is 79.9. The second kappa shape index (κ2) is 6.84. The van der Waals surface area contributed by atoms with Gasteiger partial charge in [-0.3, -0.25) is 9.89 Å². The third kappa shape index (κ3) is 2.88. The van der Waals surface area contributed by atoms with Gasteiger partial charge in [0, 0.05) is 18.5 Å². The molecular formula is C17H15BrN8O2. The number of anilines is 2. The molecule has 1 aliphatic rings. The Morgan fingerprint density at radius 2 is 2.07 bits per heavy atom. The predicted molar refractivity (Wildman–Crippen MR) is 105 cm³/mol. The van der Waals surface area contributed by atoms with Crippen molar-refractivity contribution in [2.24, 2.45) is 0 Å². The fraction of sp³-hybridized carbons (Fsp3) is 0.235. The van der Waals surface area contributed by atoms with Crippen molar-refractivity contribution >= 4 is 55.4 Å². The van der Waals surface area contributed by atoms with Crippen molar-refractivity contribution in [3.63, 3.8) is 0 Å². The van der Waals surface area contributed by atoms with Crippen molar-refractivity contribution in [1.82, 2.24) is 35.0 Å². The Balaban J connectivity index is 1.52. The minimum atomic E-state index is -0.0999. The molecule has 0 spiro atoms. The molecule has 1 amide bonds. The molecule has 0 saturated carbocycles. The van der Waals surface area contributed by atoms with Gasteiger partial charge < -0.3 is 19.9 Å². The van der Waals surface area contributed by atoms with Gasteiger partial charge in [-0.1, -0.05) is 0 Å². The van der Waals surface area contributed by atoms with Crippen LogP contribution in [-0.4, -0.2) is 67.2 Å². The Morgan fingerprint density at radius 1 is 1.21 bits per heavy atom. The molecule has 0 unspecified atom stereocenters. The summed E-state index contributed by atoms with van der Waals surface area (Å²) < 4.78 is 5.94. The maximum atomic E-state index is 12.9. The average Bonchev–Trinajstić information content (AvgIpc) is 3.33. The summed E-state index contributed by atoms with van der Waals surface area (Å²) in [6.07, 6.45) is 4.86. The molecule has 28 heavy (non-hydrogen) atoms. The summed E-state index contributed by atoms with van der Waals surface area (Å²) in [6, 6.07) is 1.87. The maximum Gasteiger partial charge on any atom is 0.271 e. The smallest absolute Gasteiger partial charge is 0.271 e. The minimum Gasteiger partial charge on any atom is -0.378 e. The van der Waals surface area contributed by atoms with Gasteiger partial charge in [0.05, 0.1) is 41.0 Å². The lowest BCUT2D eigenvalue weighted by Gasteiger charge is -2.26. The lowest BCUT2D eigenvalue weighted by molar-refractivity contribution is 0.0299. The number of aromatic amines is 2. The van der Waals surface area contributed by atoms with Crippen LogP contribution in [-0.2, 0) is 4.74 Å². The summed E-state index contributed by atoms with van der Waals surface area (Å²) in [5.41, 5.74) is 1.85. The van der Waals surface area contributed by atoms with E-state index in [2.05, 4.69) is 51.4 Å². The van der Waals surface area contributed by atoms with E-state index in [-0.39, 0.29) is 5.91 Å². The second-order valence-electron chi connectivity index (χ2n) is 6.32. The highest BCUT2D eigenvalue weighted by Crippen LogP contribution is 2.33. The quantitative estimate of drug-likeness (QED) is 0.444. The van der Waals surface area contributed by atoms with Gasteiger partial charge in [0.2, 0.25) is 0 Å². The molecule has 5 rings (SSSR count). The molecule has 4 aromatic rings. The zero-order valence-electron chi connectivity index (χ0n) is 14.6. The number of nitrogens with one attached hydrogen (secondary N) is 3. The maximum absolute atomic E-state index is 12.9. The number of nitrogens with zero attached hydrogens (tertiary/aromatic N) is 5. The number of ether oxygens (including phenoxy) is 1. The molecule has 1 aliphatic heterocycles. The van der Waals surface area contributed by atoms with Crippen LogP contribution in [0.1, 0.15) is 10.5 Å². The number of pyridine rings is 1. The molecule has 0 radical (unpaired) electrons. The van der Waals surface area contributed by atoms with Crippen LogP contribution in [0.25, 0.3) is 21.9 Å². The Hall–Kier alpha value is -3.05. The van der Waals surface area contributed by atoms with Crippen molar-refractivity contribution in [1.29, 1.82) is 0 Å². The van der Waals surface area contributed by atoms with E-state index in [0.717, 1.165) is 10.9 Å². The largest absolute Gasteiger partial charge is 0.378 e. The van der Waals surface area contributed by atoms with E-state index < -0.39 is 0 Å². The van der Waals surface area contributed by atoms with Crippen LogP contribution < -0.4 is 5.32 Å². The number of aromatic nitrogens is 6. The highest BCUT2D eigenvalue weighted by Gasteiger charge is 2.25. The van der Waals surface area contributed by atoms with E-state index in [1.54, 1.807) is 17.3 Å². The molecule has 11 heteroatoms. The van der Waals surface area contributed by atoms with Crippen molar-refractivity contribution in [3.8, 4) is 0 Å². The number of amides is 1. The van der Waals surface area contributed by atoms with Gasteiger partial charge in [0.25, 0.3) is 5.91 Å². The zero-order valence-corrected chi connectivity index (χ0v) is 16.2. The molecule has 0 aromatic carbocycles. The first kappa shape index (κ1) is 17.1. The van der Waals surface area contributed by atoms with Gasteiger partial charge in [-0.2, -0.15) is 5.10 Å². The number of fused-ring (bicyclic) bond motifs is 2. The van der Waals surface area contributed by atoms with Gasteiger partial charge in [-0.05, 0) is 22.0 Å². The lowest BCUT2D eigenvalue weighted by atomic mass is 10.3. The highest BCUT2D eigenvalue weighted by molar-refractivity contribution is 9.10. The first-order valence-corrected chi connectivity index (χ1v) is 9.45. The molecule has 1 fully saturated rings. The van der Waals surface area contributed by atoms with Crippen molar-refractivity contribution in [3.05, 3.63) is 35.0 Å². The standard InChI is InChI=1S/C17H15BrN8O2/c18-13-12-15(23-11-5-9-6-22-25-10(9)7-19-11)20-8-21-16(12)24-14(13)17(27)26-1-3-28-4-2-26/h5-8H,1-4H2,(H,22,25)(H2,19,20,21,23,24). The summed E-state index contributed by atoms with van der Waals surface area (Å²) >= 11 is 3.55. The number of H-pyrrole nitrogens is 2. The number of hydrogen-bond donors (Lipinski definition) is 3. The van der Waals surface area contributed by atoms with Gasteiger partial charge in [0.1, 0.15) is 29.3 Å². The minimum absolute atomic E-state index is 0.0999. The summed E-state index contributed by atoms with van der Waals surface area (Å²) in [5, 5.41) is 11.7. The normalized spacial score (nSPS) is 14.7. The van der Waals surface area contributed by atoms with Crippen LogP contribution in [0.4, 0.5) is 11.6 Å². The monoisotopic (exact) mass is 442 g/mol. The van der Waals surface area contributed by atoms with Crippen LogP contribution in [0.2, 0.25) is 0 Å². The number of carbonyl (C=O) groups is 1. The Morgan fingerprint density at radius 3 is 2.93 bits per heavy atom. The van der Waals surface area contributed by atoms with E-state index in [1.165, 1.54) is 6.33 Å². The zero-order chi connectivity index (χ0) is 19.1. The number of rotatable bonds is 3. The number of halogens is 1. The van der Waals surface area contributed by atoms with Crippen LogP contribution in [0.3, 0.4) is 0 Å². The van der Waals surface area contributed by atoms with Gasteiger partial charge in [0.15, 0.2) is 0 Å². The van der Waals surface area contributed by atoms with Crippen molar-refractivity contribution < 1.29 is 9.53 Å². The Kier molecular flexibility index (Phi) is 4.17. The molecule has 1 saturated heterocycles. The summed E-state index contributed by atoms with van der Waals surface area (Å²) in [4.78, 5) is 30.7. The molecule has 0 bridgehead atoms. The SMILES string of the molecule is O=C(c1[nH]c2ncnc(Nc3cc4cn[nH]c4cn3)c2c1Br)N1CCOCC1. The van der Waals surface area contributed by atoms with Gasteiger partial charge >= 0.3 is 0 Å². The van der Waals surface area contributed by atoms with E-state index in [0.29, 0.717) is 59.1 Å². The fourth-order valence-corrected chi connectivity index (χ4v) is 3.83. The van der Waals surface area contributed by atoms with Gasteiger partial charge in [-0.15, -0.1) is 0 Å². The molecule has 4 aromatic heterocycles. The van der Waals surface area contributed by atoms with E-state index in [4.69, 9.17) is 4.74 Å². The fourth-order valence-electron chi connectivity index (χ4n) is 3.19. The third-order valence-electron chi connectivity index (χ3n) is 4.61.